The minimum absolute atomic E-state index is 0.256. The molecule has 2 aliphatic carbocycles. The maximum absolute atomic E-state index is 11.9. The zero-order valence-electron chi connectivity index (χ0n) is 14.7. The maximum atomic E-state index is 11.9. The molecule has 4 rings (SSSR count). The summed E-state index contributed by atoms with van der Waals surface area (Å²) in [4.78, 5) is 19.1. The highest BCUT2D eigenvalue weighted by Crippen LogP contribution is 2.52. The fourth-order valence-electron chi connectivity index (χ4n) is 4.83. The Morgan fingerprint density at radius 3 is 2.79 bits per heavy atom. The minimum atomic E-state index is -0.256. The van der Waals surface area contributed by atoms with Gasteiger partial charge in [-0.05, 0) is 68.9 Å². The summed E-state index contributed by atoms with van der Waals surface area (Å²) in [6, 6.07) is 2.72. The molecule has 4 heteroatoms. The largest absolute Gasteiger partial charge is 0.462 e. The van der Waals surface area contributed by atoms with Crippen LogP contribution in [-0.4, -0.2) is 35.0 Å². The zero-order valence-corrected chi connectivity index (χ0v) is 14.7. The fraction of sp³-hybridized carbons (Fsp3) is 0.700. The number of ether oxygens (including phenoxy) is 1. The summed E-state index contributed by atoms with van der Waals surface area (Å²) in [6.45, 7) is 4.28. The van der Waals surface area contributed by atoms with E-state index >= 15 is 0 Å². The van der Waals surface area contributed by atoms with E-state index < -0.39 is 0 Å². The summed E-state index contributed by atoms with van der Waals surface area (Å²) in [6.07, 6.45) is 12.6. The average molecular weight is 328 g/mol. The lowest BCUT2D eigenvalue weighted by molar-refractivity contribution is 0.0260. The molecule has 130 valence electrons. The van der Waals surface area contributed by atoms with Crippen molar-refractivity contribution >= 4 is 5.97 Å². The Balaban J connectivity index is 1.40. The Hall–Kier alpha value is -1.42. The second-order valence-corrected chi connectivity index (χ2v) is 7.86. The van der Waals surface area contributed by atoms with Gasteiger partial charge in [-0.1, -0.05) is 6.42 Å². The summed E-state index contributed by atoms with van der Waals surface area (Å²) in [5, 5.41) is 0. The van der Waals surface area contributed by atoms with Crippen molar-refractivity contribution in [1.29, 1.82) is 0 Å². The monoisotopic (exact) mass is 328 g/mol. The summed E-state index contributed by atoms with van der Waals surface area (Å²) in [7, 11) is 0. The lowest BCUT2D eigenvalue weighted by Crippen LogP contribution is -2.45. The molecule has 0 saturated heterocycles. The molecule has 0 radical (unpaired) electrons. The number of rotatable bonds is 3. The first kappa shape index (κ1) is 16.1. The van der Waals surface area contributed by atoms with Crippen LogP contribution >= 0.6 is 0 Å². The second kappa shape index (κ2) is 6.47. The van der Waals surface area contributed by atoms with Gasteiger partial charge >= 0.3 is 5.97 Å². The average Bonchev–Trinajstić information content (AvgIpc) is 2.60. The Kier molecular flexibility index (Phi) is 4.33. The van der Waals surface area contributed by atoms with E-state index in [-0.39, 0.29) is 5.97 Å². The van der Waals surface area contributed by atoms with Gasteiger partial charge in [-0.15, -0.1) is 0 Å². The normalized spacial score (nSPS) is 23.5. The van der Waals surface area contributed by atoms with Crippen molar-refractivity contribution in [3.8, 4) is 0 Å². The topological polar surface area (TPSA) is 42.4 Å². The van der Waals surface area contributed by atoms with E-state index in [9.17, 15) is 4.79 Å². The van der Waals surface area contributed by atoms with Gasteiger partial charge in [0.15, 0.2) is 0 Å². The molecule has 1 aliphatic heterocycles. The Labute approximate surface area is 144 Å². The number of pyridine rings is 1. The van der Waals surface area contributed by atoms with Gasteiger partial charge in [0, 0.05) is 25.3 Å². The predicted octanol–water partition coefficient (Wildman–Crippen LogP) is 3.73. The molecule has 2 fully saturated rings. The van der Waals surface area contributed by atoms with Crippen molar-refractivity contribution in [3.63, 3.8) is 0 Å². The molecule has 0 atom stereocenters. The first-order valence-electron chi connectivity index (χ1n) is 9.58. The number of hydrogen-bond acceptors (Lipinski definition) is 4. The van der Waals surface area contributed by atoms with Gasteiger partial charge in [0.05, 0.1) is 17.9 Å². The lowest BCUT2D eigenvalue weighted by atomic mass is 9.60. The third-order valence-corrected chi connectivity index (χ3v) is 6.54. The van der Waals surface area contributed by atoms with Crippen LogP contribution < -0.4 is 0 Å². The number of esters is 1. The first-order chi connectivity index (χ1) is 11.7. The summed E-state index contributed by atoms with van der Waals surface area (Å²) in [5.74, 6) is -0.256. The van der Waals surface area contributed by atoms with Crippen LogP contribution in [0.1, 0.15) is 73.5 Å². The van der Waals surface area contributed by atoms with Gasteiger partial charge in [-0.3, -0.25) is 9.88 Å². The molecule has 3 aliphatic rings. The molecule has 4 nitrogen and oxygen atoms in total. The van der Waals surface area contributed by atoms with Crippen LogP contribution in [0, 0.1) is 5.41 Å². The van der Waals surface area contributed by atoms with Crippen LogP contribution in [0.2, 0.25) is 0 Å². The van der Waals surface area contributed by atoms with Gasteiger partial charge in [0.2, 0.25) is 0 Å². The van der Waals surface area contributed by atoms with E-state index in [0.29, 0.717) is 12.2 Å². The summed E-state index contributed by atoms with van der Waals surface area (Å²) >= 11 is 0. The molecule has 2 saturated carbocycles. The van der Waals surface area contributed by atoms with Crippen LogP contribution in [-0.2, 0) is 17.7 Å². The quantitative estimate of drug-likeness (QED) is 0.793. The van der Waals surface area contributed by atoms with Gasteiger partial charge in [0.1, 0.15) is 0 Å². The Morgan fingerprint density at radius 1 is 1.33 bits per heavy atom. The third-order valence-electron chi connectivity index (χ3n) is 6.54. The van der Waals surface area contributed by atoms with E-state index in [1.807, 2.05) is 13.0 Å². The van der Waals surface area contributed by atoms with Crippen molar-refractivity contribution in [3.05, 3.63) is 29.1 Å². The standard InChI is InChI=1S/C20H28N2O2/c1-2-24-19(23)16-12-15-6-11-22(14-18(15)21-13-16)17-4-9-20(10-5-17)7-3-8-20/h12-13,17H,2-11,14H2,1H3. The Morgan fingerprint density at radius 2 is 2.12 bits per heavy atom. The number of carbonyl (C=O) groups is 1. The van der Waals surface area contributed by atoms with Gasteiger partial charge in [-0.25, -0.2) is 4.79 Å². The van der Waals surface area contributed by atoms with Crippen LogP contribution in [0.25, 0.3) is 0 Å². The number of aromatic nitrogens is 1. The third kappa shape index (κ3) is 2.97. The molecule has 2 heterocycles. The zero-order chi connectivity index (χ0) is 16.6. The second-order valence-electron chi connectivity index (χ2n) is 7.86. The van der Waals surface area contributed by atoms with Crippen LogP contribution in [0.5, 0.6) is 0 Å². The smallest absolute Gasteiger partial charge is 0.339 e. The number of nitrogens with zero attached hydrogens (tertiary/aromatic N) is 2. The van der Waals surface area contributed by atoms with Gasteiger partial charge in [0.25, 0.3) is 0 Å². The highest BCUT2D eigenvalue weighted by molar-refractivity contribution is 5.89. The highest BCUT2D eigenvalue weighted by atomic mass is 16.5. The number of carbonyl (C=O) groups excluding carboxylic acids is 1. The van der Waals surface area contributed by atoms with Gasteiger partial charge < -0.3 is 4.74 Å². The molecule has 24 heavy (non-hydrogen) atoms. The van der Waals surface area contributed by atoms with Crippen molar-refractivity contribution in [2.24, 2.45) is 5.41 Å². The molecular weight excluding hydrogens is 300 g/mol. The van der Waals surface area contributed by atoms with E-state index in [1.165, 1.54) is 50.5 Å². The molecule has 0 unspecified atom stereocenters. The molecule has 0 bridgehead atoms. The van der Waals surface area contributed by atoms with Crippen LogP contribution in [0.15, 0.2) is 12.3 Å². The van der Waals surface area contributed by atoms with Crippen molar-refractivity contribution < 1.29 is 9.53 Å². The van der Waals surface area contributed by atoms with E-state index in [1.54, 1.807) is 6.20 Å². The maximum Gasteiger partial charge on any atom is 0.339 e. The summed E-state index contributed by atoms with van der Waals surface area (Å²) < 4.78 is 5.08. The first-order valence-corrected chi connectivity index (χ1v) is 9.58. The number of fused-ring (bicyclic) bond motifs is 1. The molecular formula is C20H28N2O2. The highest BCUT2D eigenvalue weighted by Gasteiger charge is 2.41. The van der Waals surface area contributed by atoms with E-state index in [4.69, 9.17) is 4.74 Å². The van der Waals surface area contributed by atoms with Crippen molar-refractivity contribution in [2.75, 3.05) is 13.2 Å². The van der Waals surface area contributed by atoms with Gasteiger partial charge in [-0.2, -0.15) is 0 Å². The SMILES string of the molecule is CCOC(=O)c1cnc2c(c1)CCN(C1CCC3(CCC3)CC1)C2. The lowest BCUT2D eigenvalue weighted by Gasteiger charge is -2.49. The molecule has 0 aromatic carbocycles. The molecule has 0 N–H and O–H groups in total. The van der Waals surface area contributed by atoms with Crippen molar-refractivity contribution in [2.45, 2.75) is 70.9 Å². The molecule has 1 aromatic heterocycles. The molecule has 0 amide bonds. The Bertz CT molecular complexity index is 614. The summed E-state index contributed by atoms with van der Waals surface area (Å²) in [5.41, 5.74) is 3.70. The molecule has 1 aromatic rings. The van der Waals surface area contributed by atoms with E-state index in [2.05, 4.69) is 9.88 Å². The van der Waals surface area contributed by atoms with Crippen LogP contribution in [0.4, 0.5) is 0 Å². The number of hydrogen-bond donors (Lipinski definition) is 0. The van der Waals surface area contributed by atoms with Crippen LogP contribution in [0.3, 0.4) is 0 Å². The molecule has 1 spiro atoms. The predicted molar refractivity (Wildman–Crippen MR) is 92.8 cm³/mol. The van der Waals surface area contributed by atoms with Crippen molar-refractivity contribution in [1.82, 2.24) is 9.88 Å². The minimum Gasteiger partial charge on any atom is -0.462 e. The van der Waals surface area contributed by atoms with E-state index in [0.717, 1.165) is 36.7 Å². The fourth-order valence-corrected chi connectivity index (χ4v) is 4.83.